The lowest BCUT2D eigenvalue weighted by atomic mass is 9.86. The van der Waals surface area contributed by atoms with E-state index in [4.69, 9.17) is 9.47 Å². The maximum Gasteiger partial charge on any atom is 0.414 e. The fraction of sp³-hybridized carbons (Fsp3) is 0.429. The van der Waals surface area contributed by atoms with E-state index >= 15 is 0 Å². The number of amides is 3. The van der Waals surface area contributed by atoms with Crippen LogP contribution >= 0.6 is 11.3 Å². The molecular formula is C35H44N4O5S. The summed E-state index contributed by atoms with van der Waals surface area (Å²) in [5.74, 6) is -0.0960. The van der Waals surface area contributed by atoms with Gasteiger partial charge in [-0.15, -0.1) is 11.3 Å². The highest BCUT2D eigenvalue weighted by Crippen LogP contribution is 2.33. The monoisotopic (exact) mass is 632 g/mol. The summed E-state index contributed by atoms with van der Waals surface area (Å²) >= 11 is 1.29. The molecule has 0 bridgehead atoms. The lowest BCUT2D eigenvalue weighted by Gasteiger charge is -2.27. The Morgan fingerprint density at radius 2 is 1.51 bits per heavy atom. The Labute approximate surface area is 270 Å². The van der Waals surface area contributed by atoms with Gasteiger partial charge in [0.15, 0.2) is 5.13 Å². The molecule has 9 nitrogen and oxygen atoms in total. The second-order valence-corrected chi connectivity index (χ2v) is 14.0. The summed E-state index contributed by atoms with van der Waals surface area (Å²) in [6, 6.07) is 15.5. The van der Waals surface area contributed by atoms with Crippen LogP contribution < -0.4 is 15.5 Å². The van der Waals surface area contributed by atoms with Gasteiger partial charge in [0.25, 0.3) is 5.91 Å². The number of carbonyl (C=O) groups excluding carboxylic acids is 3. The van der Waals surface area contributed by atoms with Crippen molar-refractivity contribution in [3.05, 3.63) is 76.3 Å². The number of nitrogens with zero attached hydrogens (tertiary/aromatic N) is 2. The Morgan fingerprint density at radius 3 is 2.16 bits per heavy atom. The molecule has 1 heterocycles. The van der Waals surface area contributed by atoms with Gasteiger partial charge < -0.3 is 14.8 Å². The second kappa shape index (κ2) is 14.3. The van der Waals surface area contributed by atoms with Crippen LogP contribution in [0.2, 0.25) is 0 Å². The third kappa shape index (κ3) is 10.2. The molecule has 0 spiro atoms. The first-order chi connectivity index (χ1) is 21.2. The zero-order chi connectivity index (χ0) is 32.8. The Kier molecular flexibility index (Phi) is 10.7. The zero-order valence-corrected chi connectivity index (χ0v) is 28.1. The minimum absolute atomic E-state index is 0.0960. The summed E-state index contributed by atoms with van der Waals surface area (Å²) < 4.78 is 11.0. The van der Waals surface area contributed by atoms with Crippen molar-refractivity contribution in [3.8, 4) is 0 Å². The molecule has 4 rings (SSSR count). The molecule has 45 heavy (non-hydrogen) atoms. The van der Waals surface area contributed by atoms with Crippen LogP contribution in [-0.4, -0.2) is 40.8 Å². The topological polar surface area (TPSA) is 110 Å². The quantitative estimate of drug-likeness (QED) is 0.257. The van der Waals surface area contributed by atoms with Gasteiger partial charge in [-0.25, -0.2) is 14.6 Å². The van der Waals surface area contributed by atoms with Crippen LogP contribution in [0.25, 0.3) is 5.57 Å². The predicted molar refractivity (Wildman–Crippen MR) is 181 cm³/mol. The highest BCUT2D eigenvalue weighted by atomic mass is 32.1. The molecule has 0 saturated heterocycles. The van der Waals surface area contributed by atoms with Crippen molar-refractivity contribution < 1.29 is 23.9 Å². The fourth-order valence-corrected chi connectivity index (χ4v) is 5.63. The lowest BCUT2D eigenvalue weighted by Crippen LogP contribution is -2.38. The van der Waals surface area contributed by atoms with E-state index in [1.165, 1.54) is 16.9 Å². The number of thiazole rings is 1. The van der Waals surface area contributed by atoms with Crippen LogP contribution in [0, 0.1) is 6.92 Å². The Bertz CT molecular complexity index is 1530. The highest BCUT2D eigenvalue weighted by molar-refractivity contribution is 7.13. The van der Waals surface area contributed by atoms with Crippen LogP contribution in [0.3, 0.4) is 0 Å². The third-order valence-electron chi connectivity index (χ3n) is 6.94. The molecular weight excluding hydrogens is 588 g/mol. The number of ether oxygens (including phenoxy) is 2. The number of hydrogen-bond acceptors (Lipinski definition) is 7. The zero-order valence-electron chi connectivity index (χ0n) is 27.3. The minimum atomic E-state index is -0.683. The molecule has 2 aromatic carbocycles. The van der Waals surface area contributed by atoms with E-state index in [0.717, 1.165) is 42.4 Å². The van der Waals surface area contributed by atoms with Gasteiger partial charge in [0.2, 0.25) is 0 Å². The van der Waals surface area contributed by atoms with Crippen molar-refractivity contribution in [1.82, 2.24) is 4.98 Å². The molecule has 0 saturated carbocycles. The second-order valence-electron chi connectivity index (χ2n) is 13.2. The van der Waals surface area contributed by atoms with Gasteiger partial charge in [-0.2, -0.15) is 0 Å². The molecule has 3 amide bonds. The summed E-state index contributed by atoms with van der Waals surface area (Å²) in [4.78, 5) is 44.8. The molecule has 0 fully saturated rings. The number of aryl methyl sites for hydroxylation is 1. The number of aromatic nitrogens is 1. The van der Waals surface area contributed by atoms with E-state index in [-0.39, 0.29) is 5.91 Å². The van der Waals surface area contributed by atoms with Crippen molar-refractivity contribution >= 4 is 51.5 Å². The van der Waals surface area contributed by atoms with Crippen LogP contribution in [0.5, 0.6) is 0 Å². The van der Waals surface area contributed by atoms with E-state index in [1.807, 2.05) is 26.2 Å². The molecule has 2 N–H and O–H groups in total. The van der Waals surface area contributed by atoms with Gasteiger partial charge >= 0.3 is 12.2 Å². The molecule has 10 heteroatoms. The van der Waals surface area contributed by atoms with Gasteiger partial charge in [0.05, 0.1) is 5.69 Å². The van der Waals surface area contributed by atoms with Crippen molar-refractivity contribution in [3.63, 3.8) is 0 Å². The standard InChI is InChI=1S/C35H44N4O5S/c1-23-12-14-24(15-13-23)28-10-8-9-11-29(28)30(40)36-25-16-18-27(19-17-25)39(33(42)44-35(5,6)7)21-20-26-22-45-31(37-26)38-32(41)43-34(2,3)4/h12-19,22H,8-11,20-21H2,1-7H3,(H,36,40)(H,37,38,41). The van der Waals surface area contributed by atoms with Gasteiger partial charge in [-0.3, -0.25) is 15.0 Å². The molecule has 1 aliphatic rings. The number of hydrogen-bond donors (Lipinski definition) is 2. The van der Waals surface area contributed by atoms with Crippen LogP contribution in [0.15, 0.2) is 59.5 Å². The number of anilines is 3. The van der Waals surface area contributed by atoms with E-state index in [0.29, 0.717) is 35.2 Å². The summed E-state index contributed by atoms with van der Waals surface area (Å²) in [6.07, 6.45) is 3.05. The Morgan fingerprint density at radius 1 is 0.867 bits per heavy atom. The van der Waals surface area contributed by atoms with Gasteiger partial charge in [-0.1, -0.05) is 29.8 Å². The Balaban J connectivity index is 1.46. The molecule has 0 atom stereocenters. The van der Waals surface area contributed by atoms with Gasteiger partial charge in [0, 0.05) is 35.3 Å². The largest absolute Gasteiger partial charge is 0.444 e. The number of benzene rings is 2. The summed E-state index contributed by atoms with van der Waals surface area (Å²) in [5.41, 5.74) is 4.91. The molecule has 0 aliphatic heterocycles. The third-order valence-corrected chi connectivity index (χ3v) is 7.75. The first kappa shape index (κ1) is 33.7. The van der Waals surface area contributed by atoms with Crippen molar-refractivity contribution in [2.75, 3.05) is 22.1 Å². The Hall–Kier alpha value is -4.18. The smallest absolute Gasteiger partial charge is 0.414 e. The molecule has 3 aromatic rings. The average Bonchev–Trinajstić information content (AvgIpc) is 3.39. The normalized spacial score (nSPS) is 13.7. The molecule has 0 unspecified atom stereocenters. The predicted octanol–water partition coefficient (Wildman–Crippen LogP) is 8.75. The van der Waals surface area contributed by atoms with E-state index in [9.17, 15) is 14.4 Å². The average molecular weight is 633 g/mol. The number of allylic oxidation sites excluding steroid dienone is 1. The van der Waals surface area contributed by atoms with E-state index in [1.54, 1.807) is 49.9 Å². The molecule has 0 radical (unpaired) electrons. The van der Waals surface area contributed by atoms with Crippen molar-refractivity contribution in [2.45, 2.75) is 91.8 Å². The highest BCUT2D eigenvalue weighted by Gasteiger charge is 2.25. The van der Waals surface area contributed by atoms with E-state index in [2.05, 4.69) is 46.8 Å². The van der Waals surface area contributed by atoms with Crippen molar-refractivity contribution in [1.29, 1.82) is 0 Å². The van der Waals surface area contributed by atoms with Gasteiger partial charge in [0.1, 0.15) is 11.2 Å². The van der Waals surface area contributed by atoms with Crippen LogP contribution in [-0.2, 0) is 20.7 Å². The first-order valence-corrected chi connectivity index (χ1v) is 16.2. The molecule has 1 aliphatic carbocycles. The summed E-state index contributed by atoms with van der Waals surface area (Å²) in [5, 5.41) is 7.97. The van der Waals surface area contributed by atoms with Gasteiger partial charge in [-0.05, 0) is 110 Å². The molecule has 1 aromatic heterocycles. The maximum absolute atomic E-state index is 13.4. The maximum atomic E-state index is 13.4. The lowest BCUT2D eigenvalue weighted by molar-refractivity contribution is -0.113. The van der Waals surface area contributed by atoms with Crippen LogP contribution in [0.4, 0.5) is 26.1 Å². The number of rotatable bonds is 8. The SMILES string of the molecule is Cc1ccc(C2=C(C(=O)Nc3ccc(N(CCc4csc(NC(=O)OC(C)(C)C)n4)C(=O)OC(C)(C)C)cc3)CCCC2)cc1. The first-order valence-electron chi connectivity index (χ1n) is 15.3. The van der Waals surface area contributed by atoms with Crippen LogP contribution in [0.1, 0.15) is 84.0 Å². The molecule has 240 valence electrons. The minimum Gasteiger partial charge on any atom is -0.444 e. The number of nitrogens with one attached hydrogen (secondary N) is 2. The van der Waals surface area contributed by atoms with E-state index < -0.39 is 23.4 Å². The summed E-state index contributed by atoms with van der Waals surface area (Å²) in [7, 11) is 0. The van der Waals surface area contributed by atoms with Crippen molar-refractivity contribution in [2.24, 2.45) is 0 Å². The fourth-order valence-electron chi connectivity index (χ4n) is 4.90. The number of carbonyl (C=O) groups is 3. The summed E-state index contributed by atoms with van der Waals surface area (Å²) in [6.45, 7) is 13.2.